The summed E-state index contributed by atoms with van der Waals surface area (Å²) in [7, 11) is 1.57. The Bertz CT molecular complexity index is 641. The molecule has 0 saturated heterocycles. The number of aliphatic hydroxyl groups is 1. The molecule has 0 amide bonds. The zero-order valence-corrected chi connectivity index (χ0v) is 13.2. The van der Waals surface area contributed by atoms with Gasteiger partial charge in [0, 0.05) is 15.6 Å². The second-order valence-electron chi connectivity index (χ2n) is 4.70. The van der Waals surface area contributed by atoms with Gasteiger partial charge in [0.15, 0.2) is 0 Å². The molecule has 1 unspecified atom stereocenters. The van der Waals surface area contributed by atoms with Gasteiger partial charge in [-0.1, -0.05) is 28.1 Å². The summed E-state index contributed by atoms with van der Waals surface area (Å²) in [6, 6.07) is 7.98. The van der Waals surface area contributed by atoms with E-state index in [0.717, 1.165) is 11.1 Å². The fourth-order valence-corrected chi connectivity index (χ4v) is 2.65. The van der Waals surface area contributed by atoms with E-state index in [-0.39, 0.29) is 5.82 Å². The number of hydrogen-bond donors (Lipinski definition) is 1. The van der Waals surface area contributed by atoms with E-state index in [0.29, 0.717) is 21.3 Å². The van der Waals surface area contributed by atoms with Crippen LogP contribution in [-0.4, -0.2) is 12.2 Å². The molecule has 2 aromatic carbocycles. The molecule has 0 aromatic heterocycles. The molecular formula is C16H16BrFO2. The highest BCUT2D eigenvalue weighted by molar-refractivity contribution is 9.10. The first-order valence-corrected chi connectivity index (χ1v) is 7.02. The minimum Gasteiger partial charge on any atom is -0.496 e. The van der Waals surface area contributed by atoms with Crippen molar-refractivity contribution in [2.75, 3.05) is 7.11 Å². The standard InChI is InChI=1S/C16H16BrFO2/c1-9-4-6-12(16(20-3)10(9)2)15(19)13-8-11(18)5-7-14(13)17/h4-8,15,19H,1-3H3. The van der Waals surface area contributed by atoms with Crippen LogP contribution in [0.3, 0.4) is 0 Å². The summed E-state index contributed by atoms with van der Waals surface area (Å²) in [4.78, 5) is 0. The smallest absolute Gasteiger partial charge is 0.128 e. The van der Waals surface area contributed by atoms with E-state index in [2.05, 4.69) is 15.9 Å². The minimum atomic E-state index is -0.950. The lowest BCUT2D eigenvalue weighted by atomic mass is 9.96. The van der Waals surface area contributed by atoms with Crippen LogP contribution in [0.25, 0.3) is 0 Å². The second kappa shape index (κ2) is 5.94. The molecule has 0 fully saturated rings. The number of hydrogen-bond acceptors (Lipinski definition) is 2. The fourth-order valence-electron chi connectivity index (χ4n) is 2.19. The molecule has 0 aliphatic carbocycles. The molecule has 0 heterocycles. The summed E-state index contributed by atoms with van der Waals surface area (Å²) in [6.45, 7) is 3.91. The van der Waals surface area contributed by atoms with Gasteiger partial charge in [0.1, 0.15) is 17.7 Å². The molecule has 2 rings (SSSR count). The summed E-state index contributed by atoms with van der Waals surface area (Å²) in [5.41, 5.74) is 3.15. The zero-order valence-electron chi connectivity index (χ0n) is 11.6. The molecule has 0 bridgehead atoms. The van der Waals surface area contributed by atoms with Crippen LogP contribution in [-0.2, 0) is 0 Å². The third kappa shape index (κ3) is 2.72. The number of aryl methyl sites for hydroxylation is 1. The maximum Gasteiger partial charge on any atom is 0.128 e. The molecule has 1 N–H and O–H groups in total. The molecule has 4 heteroatoms. The van der Waals surface area contributed by atoms with Crippen molar-refractivity contribution in [2.45, 2.75) is 20.0 Å². The Balaban J connectivity index is 2.56. The average molecular weight is 339 g/mol. The molecule has 0 spiro atoms. The third-order valence-electron chi connectivity index (χ3n) is 3.46. The first-order chi connectivity index (χ1) is 9.45. The number of benzene rings is 2. The number of aliphatic hydroxyl groups excluding tert-OH is 1. The van der Waals surface area contributed by atoms with Crippen molar-refractivity contribution in [3.05, 3.63) is 62.9 Å². The van der Waals surface area contributed by atoms with Crippen LogP contribution >= 0.6 is 15.9 Å². The highest BCUT2D eigenvalue weighted by Crippen LogP contribution is 2.36. The van der Waals surface area contributed by atoms with Crippen LogP contribution in [0.1, 0.15) is 28.4 Å². The van der Waals surface area contributed by atoms with Crippen LogP contribution in [0.2, 0.25) is 0 Å². The van der Waals surface area contributed by atoms with Gasteiger partial charge < -0.3 is 9.84 Å². The van der Waals surface area contributed by atoms with Gasteiger partial charge in [-0.15, -0.1) is 0 Å². The van der Waals surface area contributed by atoms with Crippen molar-refractivity contribution < 1.29 is 14.2 Å². The third-order valence-corrected chi connectivity index (χ3v) is 4.18. The zero-order chi connectivity index (χ0) is 14.9. The maximum atomic E-state index is 13.4. The Morgan fingerprint density at radius 1 is 1.15 bits per heavy atom. The van der Waals surface area contributed by atoms with Crippen molar-refractivity contribution in [3.8, 4) is 5.75 Å². The van der Waals surface area contributed by atoms with E-state index in [1.54, 1.807) is 13.2 Å². The molecule has 0 radical (unpaired) electrons. The lowest BCUT2D eigenvalue weighted by Crippen LogP contribution is -2.05. The van der Waals surface area contributed by atoms with Gasteiger partial charge in [0.25, 0.3) is 0 Å². The van der Waals surface area contributed by atoms with Crippen molar-refractivity contribution in [1.82, 2.24) is 0 Å². The van der Waals surface area contributed by atoms with Gasteiger partial charge >= 0.3 is 0 Å². The monoisotopic (exact) mass is 338 g/mol. The van der Waals surface area contributed by atoms with E-state index in [1.807, 2.05) is 26.0 Å². The SMILES string of the molecule is COc1c(C(O)c2cc(F)ccc2Br)ccc(C)c1C. The van der Waals surface area contributed by atoms with E-state index in [4.69, 9.17) is 4.74 Å². The van der Waals surface area contributed by atoms with E-state index in [9.17, 15) is 9.50 Å². The van der Waals surface area contributed by atoms with Gasteiger partial charge in [-0.25, -0.2) is 4.39 Å². The summed E-state index contributed by atoms with van der Waals surface area (Å²) in [5, 5.41) is 10.5. The first kappa shape index (κ1) is 15.0. The van der Waals surface area contributed by atoms with Crippen molar-refractivity contribution >= 4 is 15.9 Å². The van der Waals surface area contributed by atoms with Crippen molar-refractivity contribution in [2.24, 2.45) is 0 Å². The van der Waals surface area contributed by atoms with Gasteiger partial charge in [0.05, 0.1) is 7.11 Å². The van der Waals surface area contributed by atoms with Crippen LogP contribution in [0.4, 0.5) is 4.39 Å². The van der Waals surface area contributed by atoms with Crippen molar-refractivity contribution in [1.29, 1.82) is 0 Å². The van der Waals surface area contributed by atoms with Gasteiger partial charge in [-0.2, -0.15) is 0 Å². The normalized spacial score (nSPS) is 12.3. The molecule has 2 nitrogen and oxygen atoms in total. The highest BCUT2D eigenvalue weighted by Gasteiger charge is 2.20. The maximum absolute atomic E-state index is 13.4. The molecular weight excluding hydrogens is 323 g/mol. The number of methoxy groups -OCH3 is 1. The quantitative estimate of drug-likeness (QED) is 0.904. The predicted octanol–water partition coefficient (Wildman–Crippen LogP) is 4.30. The number of ether oxygens (including phenoxy) is 1. The number of halogens is 2. The van der Waals surface area contributed by atoms with Gasteiger partial charge in [0.2, 0.25) is 0 Å². The fraction of sp³-hybridized carbons (Fsp3) is 0.250. The second-order valence-corrected chi connectivity index (χ2v) is 5.55. The predicted molar refractivity (Wildman–Crippen MR) is 80.6 cm³/mol. The molecule has 0 aliphatic rings. The molecule has 106 valence electrons. The van der Waals surface area contributed by atoms with Crippen molar-refractivity contribution in [3.63, 3.8) is 0 Å². The topological polar surface area (TPSA) is 29.5 Å². The Labute approximate surface area is 126 Å². The molecule has 0 aliphatic heterocycles. The molecule has 0 saturated carbocycles. The highest BCUT2D eigenvalue weighted by atomic mass is 79.9. The summed E-state index contributed by atoms with van der Waals surface area (Å²) in [6.07, 6.45) is -0.950. The number of rotatable bonds is 3. The van der Waals surface area contributed by atoms with E-state index < -0.39 is 6.10 Å². The minimum absolute atomic E-state index is 0.384. The van der Waals surface area contributed by atoms with Crippen LogP contribution in [0, 0.1) is 19.7 Å². The van der Waals surface area contributed by atoms with Crippen LogP contribution in [0.15, 0.2) is 34.8 Å². The van der Waals surface area contributed by atoms with Gasteiger partial charge in [-0.3, -0.25) is 0 Å². The summed E-state index contributed by atoms with van der Waals surface area (Å²) < 4.78 is 19.4. The first-order valence-electron chi connectivity index (χ1n) is 6.22. The summed E-state index contributed by atoms with van der Waals surface area (Å²) in [5.74, 6) is 0.249. The Morgan fingerprint density at radius 2 is 1.85 bits per heavy atom. The molecule has 2 aromatic rings. The molecule has 20 heavy (non-hydrogen) atoms. The van der Waals surface area contributed by atoms with Crippen LogP contribution in [0.5, 0.6) is 5.75 Å². The average Bonchev–Trinajstić information content (AvgIpc) is 2.43. The lowest BCUT2D eigenvalue weighted by Gasteiger charge is -2.19. The van der Waals surface area contributed by atoms with E-state index in [1.165, 1.54) is 12.1 Å². The van der Waals surface area contributed by atoms with Gasteiger partial charge in [-0.05, 0) is 43.2 Å². The molecule has 1 atom stereocenters. The van der Waals surface area contributed by atoms with Crippen LogP contribution < -0.4 is 4.74 Å². The lowest BCUT2D eigenvalue weighted by molar-refractivity contribution is 0.213. The van der Waals surface area contributed by atoms with E-state index >= 15 is 0 Å². The Kier molecular flexibility index (Phi) is 4.45. The largest absolute Gasteiger partial charge is 0.496 e. The Hall–Kier alpha value is -1.39. The summed E-state index contributed by atoms with van der Waals surface area (Å²) >= 11 is 3.34. The Morgan fingerprint density at radius 3 is 2.50 bits per heavy atom.